The molecule has 2 unspecified atom stereocenters. The number of aryl methyl sites for hydroxylation is 1. The van der Waals surface area contributed by atoms with Gasteiger partial charge in [0.2, 0.25) is 10.0 Å². The second-order valence-corrected chi connectivity index (χ2v) is 8.06. The van der Waals surface area contributed by atoms with Crippen molar-refractivity contribution in [1.82, 2.24) is 4.98 Å². The number of hydrogen-bond acceptors (Lipinski definition) is 4. The van der Waals surface area contributed by atoms with Gasteiger partial charge in [-0.05, 0) is 49.4 Å². The van der Waals surface area contributed by atoms with Gasteiger partial charge in [-0.1, -0.05) is 18.2 Å². The predicted molar refractivity (Wildman–Crippen MR) is 95.4 cm³/mol. The molecular weight excluding hydrogens is 324 g/mol. The molecule has 0 bridgehead atoms. The first kappa shape index (κ1) is 16.9. The summed E-state index contributed by atoms with van der Waals surface area (Å²) in [5, 5.41) is -0.496. The number of nitrogens with zero attached hydrogens (tertiary/aromatic N) is 1. The SMILES string of the molecule is COC1CCCC1S(=O)(=O)Nc1cc(-c2cccnc2)ccc1C. The van der Waals surface area contributed by atoms with E-state index in [2.05, 4.69) is 9.71 Å². The van der Waals surface area contributed by atoms with Crippen molar-refractivity contribution in [2.24, 2.45) is 0 Å². The van der Waals surface area contributed by atoms with E-state index in [0.29, 0.717) is 12.1 Å². The minimum Gasteiger partial charge on any atom is -0.380 e. The Morgan fingerprint density at radius 3 is 2.75 bits per heavy atom. The molecule has 1 fully saturated rings. The van der Waals surface area contributed by atoms with E-state index >= 15 is 0 Å². The Bertz CT molecular complexity index is 806. The first-order valence-corrected chi connectivity index (χ1v) is 9.61. The van der Waals surface area contributed by atoms with Crippen molar-refractivity contribution in [1.29, 1.82) is 0 Å². The maximum atomic E-state index is 12.8. The molecule has 1 heterocycles. The van der Waals surface area contributed by atoms with Crippen LogP contribution in [0.4, 0.5) is 5.69 Å². The molecule has 2 aromatic rings. The van der Waals surface area contributed by atoms with Gasteiger partial charge in [-0.25, -0.2) is 8.42 Å². The van der Waals surface area contributed by atoms with Gasteiger partial charge in [0.25, 0.3) is 0 Å². The van der Waals surface area contributed by atoms with E-state index in [0.717, 1.165) is 29.5 Å². The Labute approximate surface area is 143 Å². The van der Waals surface area contributed by atoms with Crippen molar-refractivity contribution < 1.29 is 13.2 Å². The van der Waals surface area contributed by atoms with Gasteiger partial charge in [0.15, 0.2) is 0 Å². The average molecular weight is 346 g/mol. The molecule has 1 aromatic heterocycles. The summed E-state index contributed by atoms with van der Waals surface area (Å²) < 4.78 is 33.7. The average Bonchev–Trinajstić information content (AvgIpc) is 3.07. The molecule has 1 aliphatic carbocycles. The van der Waals surface area contributed by atoms with Gasteiger partial charge in [-0.2, -0.15) is 0 Å². The Morgan fingerprint density at radius 1 is 1.21 bits per heavy atom. The molecule has 24 heavy (non-hydrogen) atoms. The van der Waals surface area contributed by atoms with Crippen molar-refractivity contribution in [2.75, 3.05) is 11.8 Å². The lowest BCUT2D eigenvalue weighted by Crippen LogP contribution is -2.35. The van der Waals surface area contributed by atoms with E-state index < -0.39 is 15.3 Å². The summed E-state index contributed by atoms with van der Waals surface area (Å²) in [6.45, 7) is 1.90. The zero-order valence-corrected chi connectivity index (χ0v) is 14.7. The molecule has 6 heteroatoms. The van der Waals surface area contributed by atoms with Gasteiger partial charge >= 0.3 is 0 Å². The summed E-state index contributed by atoms with van der Waals surface area (Å²) in [5.41, 5.74) is 3.38. The molecule has 2 atom stereocenters. The summed E-state index contributed by atoms with van der Waals surface area (Å²) in [5.74, 6) is 0. The van der Waals surface area contributed by atoms with Crippen LogP contribution in [-0.4, -0.2) is 31.9 Å². The standard InChI is InChI=1S/C18H22N2O3S/c1-13-8-9-14(15-5-4-10-19-12-15)11-16(13)20-24(21,22)18-7-3-6-17(18)23-2/h4-5,8-12,17-18,20H,3,6-7H2,1-2H3. The van der Waals surface area contributed by atoms with Crippen molar-refractivity contribution in [3.05, 3.63) is 48.3 Å². The fourth-order valence-electron chi connectivity index (χ4n) is 3.19. The maximum Gasteiger partial charge on any atom is 0.238 e. The summed E-state index contributed by atoms with van der Waals surface area (Å²) in [4.78, 5) is 4.12. The third-order valence-corrected chi connectivity index (χ3v) is 6.42. The van der Waals surface area contributed by atoms with Crippen LogP contribution < -0.4 is 4.72 Å². The third-order valence-electron chi connectivity index (χ3n) is 4.58. The second-order valence-electron chi connectivity index (χ2n) is 6.16. The maximum absolute atomic E-state index is 12.8. The molecule has 0 spiro atoms. The molecule has 1 aromatic carbocycles. The van der Waals surface area contributed by atoms with E-state index in [1.54, 1.807) is 19.5 Å². The number of methoxy groups -OCH3 is 1. The summed E-state index contributed by atoms with van der Waals surface area (Å²) in [6.07, 6.45) is 5.54. The van der Waals surface area contributed by atoms with Crippen molar-refractivity contribution >= 4 is 15.7 Å². The molecule has 1 saturated carbocycles. The van der Waals surface area contributed by atoms with Crippen LogP contribution in [0, 0.1) is 6.92 Å². The molecule has 1 aliphatic rings. The number of rotatable bonds is 5. The largest absolute Gasteiger partial charge is 0.380 e. The van der Waals surface area contributed by atoms with Gasteiger partial charge in [0.05, 0.1) is 11.8 Å². The fraction of sp³-hybridized carbons (Fsp3) is 0.389. The predicted octanol–water partition coefficient (Wildman–Crippen LogP) is 3.37. The first-order valence-electron chi connectivity index (χ1n) is 8.07. The molecule has 3 rings (SSSR count). The number of nitrogens with one attached hydrogen (secondary N) is 1. The number of pyridine rings is 1. The highest BCUT2D eigenvalue weighted by Gasteiger charge is 2.37. The Hall–Kier alpha value is -1.92. The van der Waals surface area contributed by atoms with Gasteiger partial charge in [-0.15, -0.1) is 0 Å². The Kier molecular flexibility index (Phi) is 4.87. The van der Waals surface area contributed by atoms with Crippen molar-refractivity contribution in [3.8, 4) is 11.1 Å². The van der Waals surface area contributed by atoms with E-state index in [9.17, 15) is 8.42 Å². The van der Waals surface area contributed by atoms with E-state index in [-0.39, 0.29) is 6.10 Å². The lowest BCUT2D eigenvalue weighted by Gasteiger charge is -2.20. The third kappa shape index (κ3) is 3.44. The number of aromatic nitrogens is 1. The van der Waals surface area contributed by atoms with Crippen LogP contribution in [0.3, 0.4) is 0 Å². The van der Waals surface area contributed by atoms with Gasteiger partial charge in [-0.3, -0.25) is 9.71 Å². The molecule has 0 aliphatic heterocycles. The van der Waals surface area contributed by atoms with Crippen molar-refractivity contribution in [2.45, 2.75) is 37.5 Å². The van der Waals surface area contributed by atoms with Gasteiger partial charge in [0.1, 0.15) is 5.25 Å². The highest BCUT2D eigenvalue weighted by Crippen LogP contribution is 2.31. The number of benzene rings is 1. The van der Waals surface area contributed by atoms with Crippen LogP contribution in [0.1, 0.15) is 24.8 Å². The fourth-order valence-corrected chi connectivity index (χ4v) is 4.99. The van der Waals surface area contributed by atoms with Crippen LogP contribution in [0.25, 0.3) is 11.1 Å². The van der Waals surface area contributed by atoms with Crippen LogP contribution >= 0.6 is 0 Å². The van der Waals surface area contributed by atoms with E-state index in [1.165, 1.54) is 0 Å². The monoisotopic (exact) mass is 346 g/mol. The van der Waals surface area contributed by atoms with Crippen molar-refractivity contribution in [3.63, 3.8) is 0 Å². The molecular formula is C18H22N2O3S. The van der Waals surface area contributed by atoms with Gasteiger partial charge in [0, 0.05) is 25.1 Å². The quantitative estimate of drug-likeness (QED) is 0.901. The zero-order valence-electron chi connectivity index (χ0n) is 13.9. The van der Waals surface area contributed by atoms with Crippen LogP contribution in [0.5, 0.6) is 0 Å². The molecule has 0 radical (unpaired) electrons. The number of ether oxygens (including phenoxy) is 1. The Balaban J connectivity index is 1.89. The normalized spacial score (nSPS) is 20.9. The smallest absolute Gasteiger partial charge is 0.238 e. The molecule has 0 saturated heterocycles. The molecule has 128 valence electrons. The number of anilines is 1. The lowest BCUT2D eigenvalue weighted by atomic mass is 10.0. The van der Waals surface area contributed by atoms with Crippen LogP contribution in [0.15, 0.2) is 42.7 Å². The summed E-state index contributed by atoms with van der Waals surface area (Å²) >= 11 is 0. The van der Waals surface area contributed by atoms with Crippen LogP contribution in [-0.2, 0) is 14.8 Å². The lowest BCUT2D eigenvalue weighted by molar-refractivity contribution is 0.111. The first-order chi connectivity index (χ1) is 11.5. The summed E-state index contributed by atoms with van der Waals surface area (Å²) in [7, 11) is -1.91. The minimum absolute atomic E-state index is 0.232. The Morgan fingerprint density at radius 2 is 2.04 bits per heavy atom. The molecule has 1 N–H and O–H groups in total. The number of hydrogen-bond donors (Lipinski definition) is 1. The number of sulfonamides is 1. The molecule has 5 nitrogen and oxygen atoms in total. The summed E-state index contributed by atoms with van der Waals surface area (Å²) in [6, 6.07) is 9.57. The second kappa shape index (κ2) is 6.91. The highest BCUT2D eigenvalue weighted by atomic mass is 32.2. The zero-order chi connectivity index (χ0) is 17.2. The van der Waals surface area contributed by atoms with Crippen LogP contribution in [0.2, 0.25) is 0 Å². The van der Waals surface area contributed by atoms with E-state index in [4.69, 9.17) is 4.74 Å². The topological polar surface area (TPSA) is 68.3 Å². The van der Waals surface area contributed by atoms with Gasteiger partial charge < -0.3 is 4.74 Å². The molecule has 0 amide bonds. The highest BCUT2D eigenvalue weighted by molar-refractivity contribution is 7.93. The van der Waals surface area contributed by atoms with E-state index in [1.807, 2.05) is 37.3 Å². The minimum atomic E-state index is -3.49.